The van der Waals surface area contributed by atoms with Crippen LogP contribution in [-0.4, -0.2) is 121 Å². The number of aliphatic hydroxyl groups is 7. The zero-order chi connectivity index (χ0) is 28.2. The Labute approximate surface area is 221 Å². The smallest absolute Gasteiger partial charge is 0.339 e. The van der Waals surface area contributed by atoms with Gasteiger partial charge in [0.15, 0.2) is 6.29 Å². The van der Waals surface area contributed by atoms with E-state index in [4.69, 9.17) is 23.7 Å². The van der Waals surface area contributed by atoms with Gasteiger partial charge in [-0.05, 0) is 24.4 Å². The fourth-order valence-corrected chi connectivity index (χ4v) is 5.05. The van der Waals surface area contributed by atoms with Gasteiger partial charge in [0.2, 0.25) is 6.29 Å². The molecule has 3 aliphatic heterocycles. The zero-order valence-electron chi connectivity index (χ0n) is 20.6. The van der Waals surface area contributed by atoms with Crippen LogP contribution in [0.2, 0.25) is 0 Å². The molecule has 0 bridgehead atoms. The molecule has 3 aliphatic rings. The topological polar surface area (TPSA) is 225 Å². The van der Waals surface area contributed by atoms with Crippen LogP contribution in [0, 0.1) is 0 Å². The molecule has 214 valence electrons. The third-order valence-electron chi connectivity index (χ3n) is 7.24. The molecular weight excluding hydrogens is 524 g/mol. The summed E-state index contributed by atoms with van der Waals surface area (Å²) in [5.41, 5.74) is 0.484. The fourth-order valence-electron chi connectivity index (χ4n) is 5.05. The average Bonchev–Trinajstić information content (AvgIpc) is 3.20. The van der Waals surface area contributed by atoms with Crippen molar-refractivity contribution < 1.29 is 69.3 Å². The lowest BCUT2D eigenvalue weighted by atomic mass is 9.97. The molecule has 14 nitrogen and oxygen atoms in total. The highest BCUT2D eigenvalue weighted by Crippen LogP contribution is 2.45. The highest BCUT2D eigenvalue weighted by molar-refractivity contribution is 6.04. The van der Waals surface area contributed by atoms with Crippen LogP contribution in [0.1, 0.15) is 28.9 Å². The lowest BCUT2D eigenvalue weighted by Gasteiger charge is -2.42. The number of rotatable bonds is 6. The fraction of sp³-hybridized carbons (Fsp3) is 0.560. The summed E-state index contributed by atoms with van der Waals surface area (Å²) < 4.78 is 27.4. The van der Waals surface area contributed by atoms with Crippen LogP contribution < -0.4 is 4.74 Å². The molecule has 3 heterocycles. The summed E-state index contributed by atoms with van der Waals surface area (Å²) >= 11 is 0. The molecule has 0 radical (unpaired) electrons. The molecule has 2 saturated heterocycles. The summed E-state index contributed by atoms with van der Waals surface area (Å²) in [6.07, 6.45) is -16.5. The number of carbonyl (C=O) groups excluding carboxylic acids is 1. The van der Waals surface area contributed by atoms with Gasteiger partial charge in [0.25, 0.3) is 0 Å². The minimum atomic E-state index is -1.76. The minimum Gasteiger partial charge on any atom is -0.507 e. The first-order valence-corrected chi connectivity index (χ1v) is 12.3. The number of hydrogen-bond donors (Lipinski definition) is 8. The van der Waals surface area contributed by atoms with Crippen molar-refractivity contribution >= 4 is 16.7 Å². The molecule has 0 amide bonds. The second-order valence-corrected chi connectivity index (χ2v) is 9.75. The lowest BCUT2D eigenvalue weighted by Crippen LogP contribution is -2.62. The van der Waals surface area contributed by atoms with E-state index in [0.717, 1.165) is 0 Å². The number of carbonyl (C=O) groups is 1. The summed E-state index contributed by atoms with van der Waals surface area (Å²) in [6, 6.07) is 6.22. The van der Waals surface area contributed by atoms with Gasteiger partial charge in [0, 0.05) is 5.56 Å². The Bertz CT molecular complexity index is 1220. The second-order valence-electron chi connectivity index (χ2n) is 9.75. The third kappa shape index (κ3) is 4.82. The Kier molecular flexibility index (Phi) is 7.69. The number of aromatic hydroxyl groups is 1. The predicted molar refractivity (Wildman–Crippen MR) is 126 cm³/mol. The van der Waals surface area contributed by atoms with Gasteiger partial charge in [0.1, 0.15) is 66.4 Å². The summed E-state index contributed by atoms with van der Waals surface area (Å²) in [4.78, 5) is 12.1. The van der Waals surface area contributed by atoms with Crippen molar-refractivity contribution in [1.29, 1.82) is 0 Å². The number of ether oxygens (including phenoxy) is 5. The largest absolute Gasteiger partial charge is 0.507 e. The van der Waals surface area contributed by atoms with Crippen LogP contribution in [0.4, 0.5) is 0 Å². The van der Waals surface area contributed by atoms with E-state index in [-0.39, 0.29) is 28.0 Å². The van der Waals surface area contributed by atoms with E-state index in [2.05, 4.69) is 0 Å². The lowest BCUT2D eigenvalue weighted by molar-refractivity contribution is -0.323. The van der Waals surface area contributed by atoms with Crippen molar-refractivity contribution in [2.24, 2.45) is 0 Å². The Morgan fingerprint density at radius 3 is 2.21 bits per heavy atom. The summed E-state index contributed by atoms with van der Waals surface area (Å²) in [5, 5.41) is 82.5. The van der Waals surface area contributed by atoms with Gasteiger partial charge in [-0.15, -0.1) is 0 Å². The van der Waals surface area contributed by atoms with E-state index in [9.17, 15) is 45.6 Å². The Balaban J connectivity index is 1.36. The molecule has 0 aromatic heterocycles. The normalized spacial score (nSPS) is 38.5. The number of cyclic esters (lactones) is 1. The van der Waals surface area contributed by atoms with Crippen LogP contribution >= 0.6 is 0 Å². The first-order valence-electron chi connectivity index (χ1n) is 12.3. The van der Waals surface area contributed by atoms with Crippen molar-refractivity contribution in [1.82, 2.24) is 0 Å². The van der Waals surface area contributed by atoms with Gasteiger partial charge in [-0.3, -0.25) is 0 Å². The van der Waals surface area contributed by atoms with Crippen LogP contribution in [-0.2, 0) is 18.9 Å². The number of aliphatic hydroxyl groups excluding tert-OH is 7. The van der Waals surface area contributed by atoms with Crippen molar-refractivity contribution in [2.45, 2.75) is 74.4 Å². The zero-order valence-corrected chi connectivity index (χ0v) is 20.6. The molecule has 8 N–H and O–H groups in total. The highest BCUT2D eigenvalue weighted by atomic mass is 16.7. The minimum absolute atomic E-state index is 0.0422. The van der Waals surface area contributed by atoms with Crippen molar-refractivity contribution in [2.75, 3.05) is 13.2 Å². The van der Waals surface area contributed by atoms with Crippen molar-refractivity contribution in [3.63, 3.8) is 0 Å². The van der Waals surface area contributed by atoms with E-state index >= 15 is 0 Å². The molecule has 0 saturated carbocycles. The van der Waals surface area contributed by atoms with Gasteiger partial charge < -0.3 is 64.5 Å². The monoisotopic (exact) mass is 554 g/mol. The number of benzene rings is 2. The molecule has 0 spiro atoms. The van der Waals surface area contributed by atoms with Crippen LogP contribution in [0.5, 0.6) is 11.5 Å². The van der Waals surface area contributed by atoms with Gasteiger partial charge in [0.05, 0.1) is 24.2 Å². The van der Waals surface area contributed by atoms with E-state index < -0.39 is 86.7 Å². The maximum atomic E-state index is 12.1. The number of esters is 1. The molecule has 0 aliphatic carbocycles. The van der Waals surface area contributed by atoms with Crippen molar-refractivity contribution in [3.05, 3.63) is 35.4 Å². The number of phenolic OH excluding ortho intramolecular Hbond substituents is 1. The van der Waals surface area contributed by atoms with Crippen molar-refractivity contribution in [3.8, 4) is 11.5 Å². The van der Waals surface area contributed by atoms with E-state index in [1.165, 1.54) is 12.1 Å². The maximum Gasteiger partial charge on any atom is 0.339 e. The molecule has 2 fully saturated rings. The van der Waals surface area contributed by atoms with Gasteiger partial charge in [-0.2, -0.15) is 0 Å². The van der Waals surface area contributed by atoms with Crippen LogP contribution in [0.25, 0.3) is 10.8 Å². The summed E-state index contributed by atoms with van der Waals surface area (Å²) in [7, 11) is 0. The molecule has 0 unspecified atom stereocenters. The quantitative estimate of drug-likeness (QED) is 0.177. The highest BCUT2D eigenvalue weighted by Gasteiger charge is 2.48. The van der Waals surface area contributed by atoms with Gasteiger partial charge in [-0.25, -0.2) is 4.79 Å². The Morgan fingerprint density at radius 2 is 1.51 bits per heavy atom. The number of phenols is 1. The molecule has 11 atom stereocenters. The molecule has 2 aromatic rings. The average molecular weight is 555 g/mol. The van der Waals surface area contributed by atoms with Gasteiger partial charge >= 0.3 is 5.97 Å². The number of fused-ring (bicyclic) bond motifs is 2. The molecular formula is C25H30O14. The molecule has 14 heteroatoms. The Hall–Kier alpha value is -2.63. The van der Waals surface area contributed by atoms with Crippen LogP contribution in [0.3, 0.4) is 0 Å². The first-order chi connectivity index (χ1) is 18.5. The third-order valence-corrected chi connectivity index (χ3v) is 7.24. The summed E-state index contributed by atoms with van der Waals surface area (Å²) in [5.74, 6) is -0.795. The molecule has 5 rings (SSSR count). The van der Waals surface area contributed by atoms with E-state index in [1.807, 2.05) is 0 Å². The van der Waals surface area contributed by atoms with Gasteiger partial charge in [-0.1, -0.05) is 12.1 Å². The maximum absolute atomic E-state index is 12.1. The standard InChI is InChI=1S/C25H30O14/c1-8-14-10(23(34)36-8)5-9-3-2-4-11(15(9)18(14)29)37-25-22(33)20(31)17(28)13(39-25)7-35-24-21(32)19(30)16(27)12(6-26)38-24/h2-5,8,12-13,16-17,19-22,24-33H,6-7H2,1H3/t8-,12-,13-,16-,17-,19+,20+,21-,22-,24-,25-/m1/s1. The molecule has 39 heavy (non-hydrogen) atoms. The second kappa shape index (κ2) is 10.7. The first kappa shape index (κ1) is 27.9. The van der Waals surface area contributed by atoms with Crippen LogP contribution in [0.15, 0.2) is 24.3 Å². The van der Waals surface area contributed by atoms with E-state index in [0.29, 0.717) is 5.39 Å². The Morgan fingerprint density at radius 1 is 0.872 bits per heavy atom. The number of hydrogen-bond acceptors (Lipinski definition) is 14. The van der Waals surface area contributed by atoms with E-state index in [1.54, 1.807) is 19.1 Å². The predicted octanol–water partition coefficient (Wildman–Crippen LogP) is -2.22. The molecule has 2 aromatic carbocycles. The SMILES string of the molecule is C[C@H]1OC(=O)c2cc3cccc(O[C@@H]4O[C@H](CO[C@@H]5O[C@H](CO)[C@@H](O)[C@H](O)[C@H]5O)[C@@H](O)[C@H](O)[C@H]4O)c3c(O)c21. The summed E-state index contributed by atoms with van der Waals surface area (Å²) in [6.45, 7) is 0.400.